The first-order valence-corrected chi connectivity index (χ1v) is 21.6. The summed E-state index contributed by atoms with van der Waals surface area (Å²) < 4.78 is 4.74. The minimum atomic E-state index is -0.212. The Bertz CT molecular complexity index is 3630. The molecule has 0 aliphatic carbocycles. The fourth-order valence-electron chi connectivity index (χ4n) is 9.54. The highest BCUT2D eigenvalue weighted by atomic mass is 15.1. The molecule has 1 aliphatic heterocycles. The lowest BCUT2D eigenvalue weighted by atomic mass is 9.94. The van der Waals surface area contributed by atoms with Crippen LogP contribution in [0.15, 0.2) is 229 Å². The van der Waals surface area contributed by atoms with E-state index >= 15 is 0 Å². The van der Waals surface area contributed by atoms with Gasteiger partial charge in [-0.05, 0) is 99.6 Å². The molecule has 0 spiro atoms. The van der Waals surface area contributed by atoms with Crippen molar-refractivity contribution in [2.45, 2.75) is 6.17 Å². The summed E-state index contributed by atoms with van der Waals surface area (Å²) in [5.74, 6) is 0. The van der Waals surface area contributed by atoms with Gasteiger partial charge in [0.2, 0.25) is 0 Å². The Morgan fingerprint density at radius 1 is 0.422 bits per heavy atom. The van der Waals surface area contributed by atoms with Crippen LogP contribution in [-0.2, 0) is 0 Å². The lowest BCUT2D eigenvalue weighted by Crippen LogP contribution is -2.24. The van der Waals surface area contributed by atoms with E-state index in [-0.39, 0.29) is 6.17 Å². The Morgan fingerprint density at radius 2 is 0.938 bits per heavy atom. The average Bonchev–Trinajstić information content (AvgIpc) is 3.89. The van der Waals surface area contributed by atoms with Crippen LogP contribution < -0.4 is 5.32 Å². The molecule has 2 aromatic heterocycles. The molecule has 5 nitrogen and oxygen atoms in total. The largest absolute Gasteiger partial charge is 0.360 e. The summed E-state index contributed by atoms with van der Waals surface area (Å²) >= 11 is 0. The summed E-state index contributed by atoms with van der Waals surface area (Å²) in [7, 11) is 0. The van der Waals surface area contributed by atoms with Gasteiger partial charge in [0.15, 0.2) is 0 Å². The summed E-state index contributed by atoms with van der Waals surface area (Å²) in [5.41, 5.74) is 16.7. The van der Waals surface area contributed by atoms with Gasteiger partial charge in [-0.15, -0.1) is 0 Å². The van der Waals surface area contributed by atoms with Crippen LogP contribution in [0.2, 0.25) is 0 Å². The van der Waals surface area contributed by atoms with Crippen LogP contribution in [0, 0.1) is 11.3 Å². The third kappa shape index (κ3) is 6.28. The average molecular weight is 818 g/mol. The first kappa shape index (κ1) is 37.1. The highest BCUT2D eigenvalue weighted by Gasteiger charge is 2.21. The normalized spacial score (nSPS) is 13.8. The SMILES string of the molecule is N#Cc1cc(-c2ccc(-n3c4ccccc4c4cc(-n5c6ccccc6c6ccccc65)ccc43)cc2)ccc1-c1ccc(C2=CC(c3ccccc3)=NC(c3ccccc3)N2)cc1. The summed E-state index contributed by atoms with van der Waals surface area (Å²) in [6.07, 6.45) is 1.91. The fourth-order valence-corrected chi connectivity index (χ4v) is 9.54. The molecule has 1 unspecified atom stereocenters. The van der Waals surface area contributed by atoms with E-state index in [0.717, 1.165) is 72.8 Å². The van der Waals surface area contributed by atoms with E-state index in [9.17, 15) is 5.26 Å². The zero-order chi connectivity index (χ0) is 42.6. The molecule has 300 valence electrons. The minimum absolute atomic E-state index is 0.212. The van der Waals surface area contributed by atoms with E-state index in [2.05, 4.69) is 203 Å². The number of hydrogen-bond acceptors (Lipinski definition) is 3. The predicted octanol–water partition coefficient (Wildman–Crippen LogP) is 14.2. The van der Waals surface area contributed by atoms with Gasteiger partial charge in [-0.25, -0.2) is 0 Å². The van der Waals surface area contributed by atoms with Crippen molar-refractivity contribution in [1.82, 2.24) is 14.5 Å². The van der Waals surface area contributed by atoms with Crippen molar-refractivity contribution in [3.05, 3.63) is 247 Å². The lowest BCUT2D eigenvalue weighted by Gasteiger charge is -2.25. The molecule has 0 fully saturated rings. The predicted molar refractivity (Wildman–Crippen MR) is 264 cm³/mol. The van der Waals surface area contributed by atoms with Crippen molar-refractivity contribution in [1.29, 1.82) is 5.26 Å². The van der Waals surface area contributed by atoms with Crippen molar-refractivity contribution in [2.75, 3.05) is 0 Å². The van der Waals surface area contributed by atoms with Gasteiger partial charge >= 0.3 is 0 Å². The topological polar surface area (TPSA) is 58.0 Å². The fraction of sp³-hybridized carbons (Fsp3) is 0.0169. The molecule has 3 heterocycles. The first-order chi connectivity index (χ1) is 31.7. The maximum Gasteiger partial charge on any atom is 0.145 e. The van der Waals surface area contributed by atoms with E-state index in [1.165, 1.54) is 32.6 Å². The molecule has 1 N–H and O–H groups in total. The van der Waals surface area contributed by atoms with Gasteiger partial charge in [0.05, 0.1) is 39.4 Å². The molecule has 1 aliphatic rings. The number of para-hydroxylation sites is 3. The van der Waals surface area contributed by atoms with Crippen LogP contribution in [0.5, 0.6) is 0 Å². The molecule has 0 bridgehead atoms. The van der Waals surface area contributed by atoms with Crippen molar-refractivity contribution < 1.29 is 0 Å². The third-order valence-corrected chi connectivity index (χ3v) is 12.6. The highest BCUT2D eigenvalue weighted by Crippen LogP contribution is 2.38. The zero-order valence-electron chi connectivity index (χ0n) is 34.7. The van der Waals surface area contributed by atoms with E-state index in [0.29, 0.717) is 5.56 Å². The molecule has 0 radical (unpaired) electrons. The summed E-state index contributed by atoms with van der Waals surface area (Å²) in [6.45, 7) is 0. The second kappa shape index (κ2) is 15.3. The molecule has 64 heavy (non-hydrogen) atoms. The Kier molecular flexibility index (Phi) is 8.88. The van der Waals surface area contributed by atoms with Gasteiger partial charge < -0.3 is 14.5 Å². The van der Waals surface area contributed by atoms with E-state index in [1.807, 2.05) is 42.5 Å². The number of rotatable bonds is 7. The number of fused-ring (bicyclic) bond motifs is 6. The van der Waals surface area contributed by atoms with Crippen LogP contribution in [-0.4, -0.2) is 14.8 Å². The van der Waals surface area contributed by atoms with E-state index < -0.39 is 0 Å². The number of hydrogen-bond donors (Lipinski definition) is 1. The van der Waals surface area contributed by atoms with Gasteiger partial charge in [-0.1, -0.05) is 164 Å². The quantitative estimate of drug-likeness (QED) is 0.174. The molecular formula is C59H39N5. The maximum atomic E-state index is 10.5. The molecule has 12 rings (SSSR count). The van der Waals surface area contributed by atoms with Gasteiger partial charge in [-0.2, -0.15) is 5.26 Å². The zero-order valence-corrected chi connectivity index (χ0v) is 34.7. The second-order valence-electron chi connectivity index (χ2n) is 16.3. The molecule has 1 atom stereocenters. The number of aromatic nitrogens is 2. The van der Waals surface area contributed by atoms with Crippen molar-refractivity contribution in [3.63, 3.8) is 0 Å². The Balaban J connectivity index is 0.849. The van der Waals surface area contributed by atoms with Gasteiger partial charge in [0.1, 0.15) is 6.17 Å². The summed E-state index contributed by atoms with van der Waals surface area (Å²) in [6, 6.07) is 79.3. The molecule has 0 saturated carbocycles. The van der Waals surface area contributed by atoms with Crippen LogP contribution in [0.4, 0.5) is 0 Å². The Hall–Kier alpha value is -8.72. The van der Waals surface area contributed by atoms with Crippen LogP contribution in [0.1, 0.15) is 28.4 Å². The Morgan fingerprint density at radius 3 is 1.59 bits per heavy atom. The van der Waals surface area contributed by atoms with Crippen LogP contribution in [0.25, 0.3) is 82.9 Å². The van der Waals surface area contributed by atoms with Crippen molar-refractivity contribution >= 4 is 55.0 Å². The molecule has 11 aromatic rings. The smallest absolute Gasteiger partial charge is 0.145 e. The first-order valence-electron chi connectivity index (χ1n) is 21.6. The standard InChI is InChI=1S/C59H39N5/c60-38-45-35-44(29-33-48(45)40-23-25-42(26-24-40)54-37-53(41-13-3-1-4-14-41)61-59(62-54)43-15-5-2-6-16-43)39-27-30-46(31-28-39)63-57-22-12-9-19-51(57)52-36-47(32-34-58(52)63)64-55-20-10-7-17-49(55)50-18-8-11-21-56(50)64/h1-37,59,62H. The minimum Gasteiger partial charge on any atom is -0.360 e. The van der Waals surface area contributed by atoms with Crippen molar-refractivity contribution in [3.8, 4) is 39.7 Å². The molecule has 0 saturated heterocycles. The molecule has 5 heteroatoms. The molecule has 9 aromatic carbocycles. The number of nitriles is 1. The van der Waals surface area contributed by atoms with Gasteiger partial charge in [-0.3, -0.25) is 4.99 Å². The number of aliphatic imine (C=N–C) groups is 1. The second-order valence-corrected chi connectivity index (χ2v) is 16.3. The number of nitrogens with one attached hydrogen (secondary N) is 1. The Labute approximate surface area is 370 Å². The van der Waals surface area contributed by atoms with E-state index in [1.54, 1.807) is 0 Å². The summed E-state index contributed by atoms with van der Waals surface area (Å²) in [4.78, 5) is 5.08. The lowest BCUT2D eigenvalue weighted by molar-refractivity contribution is 0.664. The maximum absolute atomic E-state index is 10.5. The van der Waals surface area contributed by atoms with E-state index in [4.69, 9.17) is 4.99 Å². The molecule has 0 amide bonds. The summed E-state index contributed by atoms with van der Waals surface area (Å²) in [5, 5.41) is 19.0. The van der Waals surface area contributed by atoms with Gasteiger partial charge in [0, 0.05) is 38.6 Å². The van der Waals surface area contributed by atoms with Crippen LogP contribution in [0.3, 0.4) is 0 Å². The third-order valence-electron chi connectivity index (χ3n) is 12.6. The van der Waals surface area contributed by atoms with Crippen LogP contribution >= 0.6 is 0 Å². The molecular weight excluding hydrogens is 779 g/mol. The van der Waals surface area contributed by atoms with Crippen molar-refractivity contribution in [2.24, 2.45) is 4.99 Å². The highest BCUT2D eigenvalue weighted by molar-refractivity contribution is 6.14. The number of benzene rings is 9. The number of allylic oxidation sites excluding steroid dienone is 1. The van der Waals surface area contributed by atoms with Gasteiger partial charge in [0.25, 0.3) is 0 Å². The number of nitrogens with zero attached hydrogens (tertiary/aromatic N) is 4. The monoisotopic (exact) mass is 817 g/mol.